The highest BCUT2D eigenvalue weighted by Crippen LogP contribution is 2.34. The predicted molar refractivity (Wildman–Crippen MR) is 84.2 cm³/mol. The van der Waals surface area contributed by atoms with Gasteiger partial charge in [0.05, 0.1) is 0 Å². The molecule has 0 nitrogen and oxygen atoms in total. The van der Waals surface area contributed by atoms with Gasteiger partial charge in [0, 0.05) is 19.2 Å². The summed E-state index contributed by atoms with van der Waals surface area (Å²) in [5.74, 6) is 0. The van der Waals surface area contributed by atoms with Crippen LogP contribution in [0.5, 0.6) is 0 Å². The van der Waals surface area contributed by atoms with Gasteiger partial charge in [-0.25, -0.2) is 0 Å². The highest BCUT2D eigenvalue weighted by molar-refractivity contribution is 7.19. The molecule has 2 aromatic heterocycles. The van der Waals surface area contributed by atoms with Crippen molar-refractivity contribution in [3.05, 3.63) is 46.2 Å². The lowest BCUT2D eigenvalue weighted by atomic mass is 10.1. The van der Waals surface area contributed by atoms with Crippen molar-refractivity contribution in [2.45, 2.75) is 13.8 Å². The summed E-state index contributed by atoms with van der Waals surface area (Å²) in [6, 6.07) is 13.9. The van der Waals surface area contributed by atoms with E-state index in [0.29, 0.717) is 0 Å². The summed E-state index contributed by atoms with van der Waals surface area (Å²) in [5.41, 5.74) is 0. The quantitative estimate of drug-likeness (QED) is 0.373. The van der Waals surface area contributed by atoms with E-state index in [0.717, 1.165) is 0 Å². The van der Waals surface area contributed by atoms with Gasteiger partial charge in [-0.15, -0.1) is 22.7 Å². The van der Waals surface area contributed by atoms with Gasteiger partial charge < -0.3 is 0 Å². The fourth-order valence-electron chi connectivity index (χ4n) is 2.59. The molecule has 0 fully saturated rings. The van der Waals surface area contributed by atoms with Crippen LogP contribution >= 0.6 is 22.7 Å². The van der Waals surface area contributed by atoms with Gasteiger partial charge >= 0.3 is 0 Å². The number of rotatable bonds is 0. The van der Waals surface area contributed by atoms with Crippen molar-refractivity contribution in [2.75, 3.05) is 0 Å². The first-order chi connectivity index (χ1) is 8.69. The zero-order valence-electron chi connectivity index (χ0n) is 10.3. The SMILES string of the molecule is Cc1cc2cc3cc4cc(C)sc4cc3cc2s1. The van der Waals surface area contributed by atoms with Crippen molar-refractivity contribution in [2.24, 2.45) is 0 Å². The topological polar surface area (TPSA) is 0 Å². The van der Waals surface area contributed by atoms with Crippen molar-refractivity contribution < 1.29 is 0 Å². The Bertz CT molecular complexity index is 752. The fourth-order valence-corrected chi connectivity index (χ4v) is 4.50. The molecule has 0 saturated heterocycles. The Hall–Kier alpha value is -1.38. The smallest absolute Gasteiger partial charge is 0.0351 e. The zero-order valence-corrected chi connectivity index (χ0v) is 11.9. The molecular formula is C16H12S2. The summed E-state index contributed by atoms with van der Waals surface area (Å²) in [7, 11) is 0. The van der Waals surface area contributed by atoms with E-state index in [9.17, 15) is 0 Å². The standard InChI is InChI=1S/C16H12S2/c1-9-3-13-5-11-6-14-4-10(2)18-16(14)8-12(11)7-15(13)17-9/h3-8H,1-2H3. The predicted octanol–water partition coefficient (Wildman–Crippen LogP) is 5.89. The van der Waals surface area contributed by atoms with E-state index in [1.54, 1.807) is 0 Å². The highest BCUT2D eigenvalue weighted by atomic mass is 32.1. The molecule has 0 aliphatic rings. The Morgan fingerprint density at radius 3 is 1.50 bits per heavy atom. The van der Waals surface area contributed by atoms with E-state index < -0.39 is 0 Å². The molecule has 18 heavy (non-hydrogen) atoms. The van der Waals surface area contributed by atoms with Crippen LogP contribution in [0.1, 0.15) is 9.75 Å². The molecule has 2 heteroatoms. The minimum atomic E-state index is 1.35. The third kappa shape index (κ3) is 1.49. The van der Waals surface area contributed by atoms with Crippen molar-refractivity contribution >= 4 is 53.6 Å². The molecule has 88 valence electrons. The van der Waals surface area contributed by atoms with E-state index in [1.165, 1.54) is 40.7 Å². The third-order valence-electron chi connectivity index (χ3n) is 3.36. The maximum Gasteiger partial charge on any atom is 0.0351 e. The van der Waals surface area contributed by atoms with Gasteiger partial charge in [-0.3, -0.25) is 0 Å². The largest absolute Gasteiger partial charge is 0.141 e. The summed E-state index contributed by atoms with van der Waals surface area (Å²) >= 11 is 3.76. The van der Waals surface area contributed by atoms with Crippen molar-refractivity contribution in [1.82, 2.24) is 0 Å². The molecule has 0 amide bonds. The van der Waals surface area contributed by atoms with E-state index in [-0.39, 0.29) is 0 Å². The fraction of sp³-hybridized carbons (Fsp3) is 0.125. The monoisotopic (exact) mass is 268 g/mol. The molecule has 0 saturated carbocycles. The van der Waals surface area contributed by atoms with Gasteiger partial charge in [-0.05, 0) is 71.8 Å². The molecule has 0 aliphatic carbocycles. The molecule has 0 spiro atoms. The molecule has 4 aromatic rings. The number of fused-ring (bicyclic) bond motifs is 3. The Morgan fingerprint density at radius 2 is 1.00 bits per heavy atom. The minimum Gasteiger partial charge on any atom is -0.141 e. The van der Waals surface area contributed by atoms with Crippen LogP contribution in [-0.4, -0.2) is 0 Å². The summed E-state index contributed by atoms with van der Waals surface area (Å²) in [6.45, 7) is 4.36. The van der Waals surface area contributed by atoms with Gasteiger partial charge in [0.1, 0.15) is 0 Å². The molecule has 2 heterocycles. The second kappa shape index (κ2) is 3.56. The molecule has 0 aliphatic heterocycles. The Balaban J connectivity index is 2.17. The molecular weight excluding hydrogens is 256 g/mol. The second-order valence-electron chi connectivity index (χ2n) is 4.84. The summed E-state index contributed by atoms with van der Waals surface area (Å²) < 4.78 is 2.79. The third-order valence-corrected chi connectivity index (χ3v) is 5.38. The lowest BCUT2D eigenvalue weighted by molar-refractivity contribution is 1.66. The first-order valence-electron chi connectivity index (χ1n) is 6.03. The highest BCUT2D eigenvalue weighted by Gasteiger charge is 2.05. The first-order valence-corrected chi connectivity index (χ1v) is 7.66. The van der Waals surface area contributed by atoms with E-state index in [4.69, 9.17) is 0 Å². The number of thiophene rings is 2. The van der Waals surface area contributed by atoms with Crippen LogP contribution in [0.15, 0.2) is 36.4 Å². The van der Waals surface area contributed by atoms with Gasteiger partial charge in [-0.2, -0.15) is 0 Å². The summed E-state index contributed by atoms with van der Waals surface area (Å²) in [6.07, 6.45) is 0. The molecule has 2 aromatic carbocycles. The van der Waals surface area contributed by atoms with Crippen molar-refractivity contribution in [1.29, 1.82) is 0 Å². The lowest BCUT2D eigenvalue weighted by Gasteiger charge is -1.99. The van der Waals surface area contributed by atoms with Crippen LogP contribution in [0.3, 0.4) is 0 Å². The molecule has 0 bridgehead atoms. The number of aryl methyl sites for hydroxylation is 2. The average Bonchev–Trinajstić information content (AvgIpc) is 2.82. The minimum absolute atomic E-state index is 1.35. The van der Waals surface area contributed by atoms with Crippen molar-refractivity contribution in [3.8, 4) is 0 Å². The van der Waals surface area contributed by atoms with Crippen molar-refractivity contribution in [3.63, 3.8) is 0 Å². The first kappa shape index (κ1) is 10.5. The van der Waals surface area contributed by atoms with E-state index in [2.05, 4.69) is 50.2 Å². The summed E-state index contributed by atoms with van der Waals surface area (Å²) in [4.78, 5) is 2.77. The Morgan fingerprint density at radius 1 is 0.556 bits per heavy atom. The maximum absolute atomic E-state index is 2.33. The van der Waals surface area contributed by atoms with Gasteiger partial charge in [0.15, 0.2) is 0 Å². The van der Waals surface area contributed by atoms with Crippen LogP contribution in [0.2, 0.25) is 0 Å². The molecule has 0 radical (unpaired) electrons. The molecule has 4 rings (SSSR count). The number of hydrogen-bond donors (Lipinski definition) is 0. The molecule has 0 atom stereocenters. The van der Waals surface area contributed by atoms with Crippen LogP contribution in [0.4, 0.5) is 0 Å². The van der Waals surface area contributed by atoms with Gasteiger partial charge in [0.25, 0.3) is 0 Å². The van der Waals surface area contributed by atoms with E-state index in [1.807, 2.05) is 22.7 Å². The second-order valence-corrected chi connectivity index (χ2v) is 7.42. The maximum atomic E-state index is 2.33. The van der Waals surface area contributed by atoms with Crippen LogP contribution in [-0.2, 0) is 0 Å². The average molecular weight is 268 g/mol. The van der Waals surface area contributed by atoms with E-state index >= 15 is 0 Å². The normalized spacial score (nSPS) is 11.9. The number of benzene rings is 2. The van der Waals surface area contributed by atoms with Crippen LogP contribution in [0, 0.1) is 13.8 Å². The van der Waals surface area contributed by atoms with Gasteiger partial charge in [0.2, 0.25) is 0 Å². The van der Waals surface area contributed by atoms with Crippen LogP contribution < -0.4 is 0 Å². The Labute approximate surface area is 113 Å². The lowest BCUT2D eigenvalue weighted by Crippen LogP contribution is -1.72. The Kier molecular flexibility index (Phi) is 2.08. The molecule has 0 N–H and O–H groups in total. The zero-order chi connectivity index (χ0) is 12.3. The summed E-state index contributed by atoms with van der Waals surface area (Å²) in [5, 5.41) is 5.46. The van der Waals surface area contributed by atoms with Crippen LogP contribution in [0.25, 0.3) is 30.9 Å². The van der Waals surface area contributed by atoms with Gasteiger partial charge in [-0.1, -0.05) is 0 Å². The molecule has 0 unspecified atom stereocenters. The number of hydrogen-bond acceptors (Lipinski definition) is 2.